The lowest BCUT2D eigenvalue weighted by Crippen LogP contribution is -2.13. The topological polar surface area (TPSA) is 38.1 Å². The molecule has 3 nitrogen and oxygen atoms in total. The van der Waals surface area contributed by atoms with Gasteiger partial charge in [0.25, 0.3) is 0 Å². The van der Waals surface area contributed by atoms with Gasteiger partial charge in [0, 0.05) is 23.0 Å². The summed E-state index contributed by atoms with van der Waals surface area (Å²) in [5, 5.41) is 9.59. The van der Waals surface area contributed by atoms with Crippen molar-refractivity contribution in [2.45, 2.75) is 32.4 Å². The van der Waals surface area contributed by atoms with Gasteiger partial charge < -0.3 is 9.67 Å². The molecule has 0 saturated heterocycles. The van der Waals surface area contributed by atoms with E-state index < -0.39 is 0 Å². The molecule has 1 aliphatic heterocycles. The maximum absolute atomic E-state index is 14.0. The van der Waals surface area contributed by atoms with E-state index in [1.54, 1.807) is 12.1 Å². The third kappa shape index (κ3) is 2.21. The number of fused-ring (bicyclic) bond motifs is 1. The Bertz CT molecular complexity index is 624. The number of nitrogens with zero attached hydrogens (tertiary/aromatic N) is 2. The first-order chi connectivity index (χ1) is 9.20. The average molecular weight is 325 g/mol. The van der Waals surface area contributed by atoms with Gasteiger partial charge >= 0.3 is 0 Å². The molecule has 1 aromatic heterocycles. The first-order valence-electron chi connectivity index (χ1n) is 6.35. The summed E-state index contributed by atoms with van der Waals surface area (Å²) in [6, 6.07) is 4.79. The Morgan fingerprint density at radius 2 is 2.21 bits per heavy atom. The van der Waals surface area contributed by atoms with Gasteiger partial charge in [-0.2, -0.15) is 0 Å². The molecule has 5 heteroatoms. The summed E-state index contributed by atoms with van der Waals surface area (Å²) < 4.78 is 16.8. The van der Waals surface area contributed by atoms with Crippen molar-refractivity contribution in [3.8, 4) is 11.3 Å². The van der Waals surface area contributed by atoms with Crippen LogP contribution in [0, 0.1) is 5.82 Å². The highest BCUT2D eigenvalue weighted by Crippen LogP contribution is 2.31. The molecule has 19 heavy (non-hydrogen) atoms. The summed E-state index contributed by atoms with van der Waals surface area (Å²) in [4.78, 5) is 4.54. The molecular weight excluding hydrogens is 311 g/mol. The van der Waals surface area contributed by atoms with Crippen LogP contribution in [-0.2, 0) is 19.6 Å². The molecule has 0 radical (unpaired) electrons. The number of benzene rings is 1. The van der Waals surface area contributed by atoms with Gasteiger partial charge in [-0.05, 0) is 31.0 Å². The van der Waals surface area contributed by atoms with Gasteiger partial charge in [-0.25, -0.2) is 9.37 Å². The highest BCUT2D eigenvalue weighted by molar-refractivity contribution is 9.10. The number of hydrogen-bond acceptors (Lipinski definition) is 2. The Balaban J connectivity index is 2.19. The van der Waals surface area contributed by atoms with Gasteiger partial charge in [0.15, 0.2) is 0 Å². The van der Waals surface area contributed by atoms with Crippen LogP contribution in [0.3, 0.4) is 0 Å². The largest absolute Gasteiger partial charge is 0.390 e. The van der Waals surface area contributed by atoms with Crippen LogP contribution in [0.1, 0.15) is 24.4 Å². The van der Waals surface area contributed by atoms with E-state index >= 15 is 0 Å². The van der Waals surface area contributed by atoms with Gasteiger partial charge in [0.05, 0.1) is 18.0 Å². The Kier molecular flexibility index (Phi) is 3.41. The SMILES string of the molecule is OCc1c(-c2cc(Br)ccc2F)nc2n1CCCC2. The molecule has 1 aliphatic rings. The molecule has 1 N–H and O–H groups in total. The second-order valence-corrected chi connectivity index (χ2v) is 5.63. The number of halogens is 2. The molecule has 0 aliphatic carbocycles. The first-order valence-corrected chi connectivity index (χ1v) is 7.14. The Labute approximate surface area is 119 Å². The highest BCUT2D eigenvalue weighted by atomic mass is 79.9. The number of aryl methyl sites for hydroxylation is 1. The average Bonchev–Trinajstić information content (AvgIpc) is 2.79. The molecule has 0 atom stereocenters. The smallest absolute Gasteiger partial charge is 0.132 e. The van der Waals surface area contributed by atoms with Crippen LogP contribution >= 0.6 is 15.9 Å². The third-order valence-electron chi connectivity index (χ3n) is 3.52. The molecule has 0 bridgehead atoms. The summed E-state index contributed by atoms with van der Waals surface area (Å²) in [7, 11) is 0. The highest BCUT2D eigenvalue weighted by Gasteiger charge is 2.21. The molecule has 1 aromatic carbocycles. The zero-order chi connectivity index (χ0) is 13.4. The maximum Gasteiger partial charge on any atom is 0.132 e. The number of aliphatic hydroxyl groups is 1. The van der Waals surface area contributed by atoms with Crippen LogP contribution in [0.5, 0.6) is 0 Å². The summed E-state index contributed by atoms with van der Waals surface area (Å²) in [5.41, 5.74) is 1.73. The van der Waals surface area contributed by atoms with E-state index in [1.807, 2.05) is 4.57 Å². The molecule has 2 aromatic rings. The van der Waals surface area contributed by atoms with E-state index in [0.717, 1.165) is 36.1 Å². The predicted octanol–water partition coefficient (Wildman–Crippen LogP) is 3.28. The molecule has 3 rings (SSSR count). The number of rotatable bonds is 2. The minimum Gasteiger partial charge on any atom is -0.390 e. The van der Waals surface area contributed by atoms with E-state index in [2.05, 4.69) is 20.9 Å². The van der Waals surface area contributed by atoms with Gasteiger partial charge in [0.1, 0.15) is 11.6 Å². The molecule has 0 unspecified atom stereocenters. The van der Waals surface area contributed by atoms with E-state index in [-0.39, 0.29) is 12.4 Å². The second kappa shape index (κ2) is 5.06. The van der Waals surface area contributed by atoms with Crippen molar-refractivity contribution in [1.82, 2.24) is 9.55 Å². The number of aromatic nitrogens is 2. The number of imidazole rings is 1. The molecule has 0 saturated carbocycles. The van der Waals surface area contributed by atoms with Crippen LogP contribution in [-0.4, -0.2) is 14.7 Å². The van der Waals surface area contributed by atoms with Crippen molar-refractivity contribution >= 4 is 15.9 Å². The van der Waals surface area contributed by atoms with Gasteiger partial charge in [-0.1, -0.05) is 15.9 Å². The Hall–Kier alpha value is -1.20. The van der Waals surface area contributed by atoms with Gasteiger partial charge in [-0.15, -0.1) is 0 Å². The Morgan fingerprint density at radius 3 is 3.00 bits per heavy atom. The summed E-state index contributed by atoms with van der Waals surface area (Å²) in [6.45, 7) is 0.738. The standard InChI is InChI=1S/C14H14BrFN2O/c15-9-4-5-11(16)10(7-9)14-12(8-19)18-6-2-1-3-13(18)17-14/h4-5,7,19H,1-3,6,8H2. The molecule has 0 spiro atoms. The van der Waals surface area contributed by atoms with Gasteiger partial charge in [-0.3, -0.25) is 0 Å². The second-order valence-electron chi connectivity index (χ2n) is 4.71. The fourth-order valence-corrected chi connectivity index (χ4v) is 2.96. The van der Waals surface area contributed by atoms with E-state index in [1.165, 1.54) is 6.07 Å². The summed E-state index contributed by atoms with van der Waals surface area (Å²) in [6.07, 6.45) is 3.07. The summed E-state index contributed by atoms with van der Waals surface area (Å²) >= 11 is 3.35. The first kappa shape index (κ1) is 12.8. The summed E-state index contributed by atoms with van der Waals surface area (Å²) in [5.74, 6) is 0.637. The minimum atomic E-state index is -0.312. The molecule has 0 fully saturated rings. The van der Waals surface area contributed by atoms with Crippen molar-refractivity contribution in [2.75, 3.05) is 0 Å². The normalized spacial score (nSPS) is 14.5. The van der Waals surface area contributed by atoms with Crippen LogP contribution in [0.25, 0.3) is 11.3 Å². The van der Waals surface area contributed by atoms with E-state index in [4.69, 9.17) is 0 Å². The fraction of sp³-hybridized carbons (Fsp3) is 0.357. The fourth-order valence-electron chi connectivity index (χ4n) is 2.60. The molecular formula is C14H14BrFN2O. The number of aliphatic hydroxyl groups excluding tert-OH is 1. The lowest BCUT2D eigenvalue weighted by Gasteiger charge is -2.15. The number of hydrogen-bond donors (Lipinski definition) is 1. The van der Waals surface area contributed by atoms with Crippen LogP contribution in [0.2, 0.25) is 0 Å². The lowest BCUT2D eigenvalue weighted by atomic mass is 10.1. The minimum absolute atomic E-state index is 0.117. The molecule has 2 heterocycles. The zero-order valence-electron chi connectivity index (χ0n) is 10.4. The predicted molar refractivity (Wildman–Crippen MR) is 74.2 cm³/mol. The molecule has 100 valence electrons. The van der Waals surface area contributed by atoms with Gasteiger partial charge in [0.2, 0.25) is 0 Å². The van der Waals surface area contributed by atoms with E-state index in [0.29, 0.717) is 17.0 Å². The maximum atomic E-state index is 14.0. The molecule has 0 amide bonds. The van der Waals surface area contributed by atoms with Crippen molar-refractivity contribution in [3.63, 3.8) is 0 Å². The van der Waals surface area contributed by atoms with Crippen molar-refractivity contribution < 1.29 is 9.50 Å². The Morgan fingerprint density at radius 1 is 1.37 bits per heavy atom. The quantitative estimate of drug-likeness (QED) is 0.920. The van der Waals surface area contributed by atoms with E-state index in [9.17, 15) is 9.50 Å². The van der Waals surface area contributed by atoms with Crippen LogP contribution in [0.15, 0.2) is 22.7 Å². The van der Waals surface area contributed by atoms with Crippen molar-refractivity contribution in [1.29, 1.82) is 0 Å². The lowest BCUT2D eigenvalue weighted by molar-refractivity contribution is 0.268. The van der Waals surface area contributed by atoms with Crippen LogP contribution in [0.4, 0.5) is 4.39 Å². The van der Waals surface area contributed by atoms with Crippen molar-refractivity contribution in [3.05, 3.63) is 40.0 Å². The van der Waals surface area contributed by atoms with Crippen molar-refractivity contribution in [2.24, 2.45) is 0 Å². The van der Waals surface area contributed by atoms with Crippen LogP contribution < -0.4 is 0 Å². The zero-order valence-corrected chi connectivity index (χ0v) is 12.0. The monoisotopic (exact) mass is 324 g/mol. The third-order valence-corrected chi connectivity index (χ3v) is 4.01.